The first-order valence-electron chi connectivity index (χ1n) is 12.5. The highest BCUT2D eigenvalue weighted by Gasteiger charge is 2.33. The molecule has 3 aromatic rings. The average molecular weight is 551 g/mol. The number of piperidine rings is 1. The highest BCUT2D eigenvalue weighted by atomic mass is 79.9. The fourth-order valence-electron chi connectivity index (χ4n) is 5.66. The first kappa shape index (κ1) is 24.8. The molecule has 0 bridgehead atoms. The molecule has 0 aliphatic carbocycles. The monoisotopic (exact) mass is 550 g/mol. The largest absolute Gasteiger partial charge is 0.478 e. The molecule has 8 heteroatoms. The molecule has 2 saturated heterocycles. The molecule has 0 saturated carbocycles. The van der Waals surface area contributed by atoms with Crippen LogP contribution in [0.3, 0.4) is 0 Å². The third-order valence-electron chi connectivity index (χ3n) is 7.80. The van der Waals surface area contributed by atoms with E-state index in [0.717, 1.165) is 68.0 Å². The Balaban J connectivity index is 1.45. The summed E-state index contributed by atoms with van der Waals surface area (Å²) in [4.78, 5) is 20.7. The molecule has 7 nitrogen and oxygen atoms in total. The molecule has 2 aromatic carbocycles. The number of nitrogens with zero attached hydrogens (tertiary/aromatic N) is 3. The van der Waals surface area contributed by atoms with Crippen LogP contribution in [0.25, 0.3) is 10.9 Å². The van der Waals surface area contributed by atoms with E-state index in [4.69, 9.17) is 4.74 Å². The van der Waals surface area contributed by atoms with Crippen molar-refractivity contribution in [2.75, 3.05) is 44.3 Å². The lowest BCUT2D eigenvalue weighted by atomic mass is 9.79. The van der Waals surface area contributed by atoms with Crippen LogP contribution in [0.2, 0.25) is 0 Å². The predicted octanol–water partition coefficient (Wildman–Crippen LogP) is 5.13. The Morgan fingerprint density at radius 2 is 1.86 bits per heavy atom. The summed E-state index contributed by atoms with van der Waals surface area (Å²) in [6, 6.07) is 14.2. The van der Waals surface area contributed by atoms with Crippen molar-refractivity contribution in [1.29, 1.82) is 5.26 Å². The van der Waals surface area contributed by atoms with Crippen LogP contribution in [0.4, 0.5) is 5.69 Å². The number of aromatic nitrogens is 1. The average Bonchev–Trinajstić information content (AvgIpc) is 3.29. The summed E-state index contributed by atoms with van der Waals surface area (Å²) in [5.41, 5.74) is 3.63. The van der Waals surface area contributed by atoms with Gasteiger partial charge in [0.15, 0.2) is 0 Å². The third-order valence-corrected chi connectivity index (χ3v) is 8.47. The van der Waals surface area contributed by atoms with Gasteiger partial charge in [0, 0.05) is 58.7 Å². The highest BCUT2D eigenvalue weighted by molar-refractivity contribution is 9.10. The summed E-state index contributed by atoms with van der Waals surface area (Å²) in [5, 5.41) is 20.0. The zero-order valence-corrected chi connectivity index (χ0v) is 22.3. The van der Waals surface area contributed by atoms with Gasteiger partial charge in [-0.05, 0) is 58.6 Å². The molecule has 2 N–H and O–H groups in total. The smallest absolute Gasteiger partial charge is 0.338 e. The fraction of sp³-hybridized carbons (Fsp3) is 0.429. The van der Waals surface area contributed by atoms with Gasteiger partial charge in [-0.1, -0.05) is 26.0 Å². The normalized spacial score (nSPS) is 17.9. The number of morpholine rings is 1. The van der Waals surface area contributed by atoms with Crippen molar-refractivity contribution in [2.45, 2.75) is 38.1 Å². The van der Waals surface area contributed by atoms with E-state index in [-0.39, 0.29) is 5.56 Å². The maximum atomic E-state index is 12.3. The minimum absolute atomic E-state index is 0.260. The molecule has 0 radical (unpaired) electrons. The molecular formula is C28H31BrN4O3. The fourth-order valence-corrected chi connectivity index (χ4v) is 6.16. The Hall–Kier alpha value is -2.86. The van der Waals surface area contributed by atoms with Gasteiger partial charge in [-0.3, -0.25) is 4.90 Å². The number of rotatable bonds is 5. The summed E-state index contributed by atoms with van der Waals surface area (Å²) in [6.45, 7) is 9.75. The van der Waals surface area contributed by atoms with Crippen molar-refractivity contribution in [3.63, 3.8) is 0 Å². The van der Waals surface area contributed by atoms with E-state index >= 15 is 0 Å². The molecule has 0 atom stereocenters. The molecule has 36 heavy (non-hydrogen) atoms. The number of nitriles is 1. The molecule has 188 valence electrons. The molecule has 0 unspecified atom stereocenters. The van der Waals surface area contributed by atoms with Crippen LogP contribution in [0, 0.1) is 11.3 Å². The quantitative estimate of drug-likeness (QED) is 0.457. The van der Waals surface area contributed by atoms with Gasteiger partial charge in [-0.25, -0.2) is 4.79 Å². The first-order valence-corrected chi connectivity index (χ1v) is 13.2. The minimum Gasteiger partial charge on any atom is -0.478 e. The maximum Gasteiger partial charge on any atom is 0.338 e. The minimum atomic E-state index is -0.975. The van der Waals surface area contributed by atoms with E-state index in [1.54, 1.807) is 18.2 Å². The Kier molecular flexibility index (Phi) is 6.82. The Morgan fingerprint density at radius 1 is 1.14 bits per heavy atom. The van der Waals surface area contributed by atoms with Gasteiger partial charge >= 0.3 is 5.97 Å². The third kappa shape index (κ3) is 4.52. The van der Waals surface area contributed by atoms with Crippen LogP contribution in [-0.2, 0) is 10.2 Å². The molecule has 5 rings (SSSR count). The van der Waals surface area contributed by atoms with Gasteiger partial charge in [0.25, 0.3) is 0 Å². The molecule has 2 fully saturated rings. The molecule has 2 aliphatic heterocycles. The summed E-state index contributed by atoms with van der Waals surface area (Å²) in [5.74, 6) is -0.975. The van der Waals surface area contributed by atoms with Crippen molar-refractivity contribution in [3.8, 4) is 6.07 Å². The van der Waals surface area contributed by atoms with E-state index < -0.39 is 11.4 Å². The number of H-pyrrole nitrogens is 1. The summed E-state index contributed by atoms with van der Waals surface area (Å²) in [7, 11) is 0. The summed E-state index contributed by atoms with van der Waals surface area (Å²) in [6.07, 6.45) is 2.24. The lowest BCUT2D eigenvalue weighted by molar-refractivity contribution is 0.0115. The number of carboxylic acid groups (broad SMARTS) is 1. The number of aromatic amines is 1. The zero-order chi connectivity index (χ0) is 25.4. The van der Waals surface area contributed by atoms with Crippen LogP contribution >= 0.6 is 15.9 Å². The first-order chi connectivity index (χ1) is 17.3. The molecule has 0 amide bonds. The van der Waals surface area contributed by atoms with Gasteiger partial charge in [-0.2, -0.15) is 5.26 Å². The van der Waals surface area contributed by atoms with Gasteiger partial charge < -0.3 is 19.7 Å². The molecular weight excluding hydrogens is 520 g/mol. The van der Waals surface area contributed by atoms with Crippen molar-refractivity contribution in [2.24, 2.45) is 0 Å². The number of aromatic carboxylic acids is 1. The van der Waals surface area contributed by atoms with Crippen LogP contribution in [0.15, 0.2) is 40.9 Å². The second kappa shape index (κ2) is 9.89. The standard InChI is InChI=1S/C28H31BrN4O3/c1-28(2,26-25(27(34)35)21-5-3-18(17-30)15-23(21)31-26)19-4-6-22(29)24(16-19)33-9-7-20(8-10-33)32-11-13-36-14-12-32/h3-6,15-16,20,31H,7-14H2,1-2H3,(H,34,35). The highest BCUT2D eigenvalue weighted by Crippen LogP contribution is 2.40. The molecule has 1 aromatic heterocycles. The number of nitrogens with one attached hydrogen (secondary N) is 1. The van der Waals surface area contributed by atoms with E-state index in [9.17, 15) is 15.2 Å². The summed E-state index contributed by atoms with van der Waals surface area (Å²) < 4.78 is 6.56. The lowest BCUT2D eigenvalue weighted by Gasteiger charge is -2.41. The summed E-state index contributed by atoms with van der Waals surface area (Å²) >= 11 is 3.76. The van der Waals surface area contributed by atoms with Crippen molar-refractivity contribution >= 4 is 38.5 Å². The van der Waals surface area contributed by atoms with Crippen LogP contribution in [0.1, 0.15) is 53.9 Å². The Morgan fingerprint density at radius 3 is 2.53 bits per heavy atom. The van der Waals surface area contributed by atoms with Gasteiger partial charge in [-0.15, -0.1) is 0 Å². The van der Waals surface area contributed by atoms with Crippen LogP contribution in [0.5, 0.6) is 0 Å². The number of carboxylic acids is 1. The number of benzene rings is 2. The molecule has 2 aliphatic rings. The second-order valence-corrected chi connectivity index (χ2v) is 11.1. The number of ether oxygens (including phenoxy) is 1. The Bertz CT molecular complexity index is 1330. The number of anilines is 1. The van der Waals surface area contributed by atoms with Crippen molar-refractivity contribution < 1.29 is 14.6 Å². The second-order valence-electron chi connectivity index (χ2n) is 10.2. The zero-order valence-electron chi connectivity index (χ0n) is 20.7. The van der Waals surface area contributed by atoms with E-state index in [0.29, 0.717) is 28.2 Å². The number of hydrogen-bond acceptors (Lipinski definition) is 5. The number of halogens is 1. The van der Waals surface area contributed by atoms with Crippen LogP contribution in [-0.4, -0.2) is 66.4 Å². The number of carbonyl (C=O) groups is 1. The van der Waals surface area contributed by atoms with Crippen molar-refractivity contribution in [3.05, 3.63) is 63.3 Å². The predicted molar refractivity (Wildman–Crippen MR) is 144 cm³/mol. The topological polar surface area (TPSA) is 92.6 Å². The van der Waals surface area contributed by atoms with Crippen molar-refractivity contribution in [1.82, 2.24) is 9.88 Å². The van der Waals surface area contributed by atoms with E-state index in [2.05, 4.69) is 55.0 Å². The van der Waals surface area contributed by atoms with E-state index in [1.807, 2.05) is 13.8 Å². The number of hydrogen-bond donors (Lipinski definition) is 2. The molecule has 0 spiro atoms. The SMILES string of the molecule is CC(C)(c1ccc(Br)c(N2CCC(N3CCOCC3)CC2)c1)c1[nH]c2cc(C#N)ccc2c1C(=O)O. The maximum absolute atomic E-state index is 12.3. The molecule has 3 heterocycles. The van der Waals surface area contributed by atoms with Gasteiger partial charge in [0.1, 0.15) is 0 Å². The van der Waals surface area contributed by atoms with Crippen LogP contribution < -0.4 is 4.90 Å². The Labute approximate surface area is 219 Å². The van der Waals surface area contributed by atoms with Gasteiger partial charge in [0.05, 0.1) is 36.1 Å². The van der Waals surface area contributed by atoms with Gasteiger partial charge in [0.2, 0.25) is 0 Å². The van der Waals surface area contributed by atoms with E-state index in [1.165, 1.54) is 0 Å². The lowest BCUT2D eigenvalue weighted by Crippen LogP contribution is -2.49. The number of fused-ring (bicyclic) bond motifs is 1.